The summed E-state index contributed by atoms with van der Waals surface area (Å²) in [6.45, 7) is -0.318. The molecule has 0 saturated carbocycles. The summed E-state index contributed by atoms with van der Waals surface area (Å²) in [6.07, 6.45) is 2.71. The summed E-state index contributed by atoms with van der Waals surface area (Å²) in [7, 11) is 0. The molecular weight excluding hydrogens is 220 g/mol. The molecule has 0 unspecified atom stereocenters. The van der Waals surface area contributed by atoms with E-state index in [9.17, 15) is 4.79 Å². The van der Waals surface area contributed by atoms with Crippen molar-refractivity contribution in [2.24, 2.45) is 0 Å². The van der Waals surface area contributed by atoms with Crippen molar-refractivity contribution in [3.63, 3.8) is 0 Å². The molecule has 84 valence electrons. The first-order chi connectivity index (χ1) is 7.22. The maximum atomic E-state index is 10.1. The maximum absolute atomic E-state index is 10.1. The number of aryl methyl sites for hydroxylation is 1. The Morgan fingerprint density at radius 3 is 2.93 bits per heavy atom. The second-order valence-electron chi connectivity index (χ2n) is 2.72. The number of aromatic nitrogens is 2. The molecule has 7 heteroatoms. The quantitative estimate of drug-likeness (QED) is 0.735. The number of carboxylic acid groups (broad SMARTS) is 1. The van der Waals surface area contributed by atoms with Gasteiger partial charge in [0.15, 0.2) is 0 Å². The monoisotopic (exact) mass is 232 g/mol. The molecule has 0 radical (unpaired) electrons. The molecule has 1 heterocycles. The molecule has 0 fully saturated rings. The normalized spacial score (nSPS) is 10.5. The van der Waals surface area contributed by atoms with E-state index in [0.29, 0.717) is 18.2 Å². The largest absolute Gasteiger partial charge is 0.480 e. The first-order valence-electron chi connectivity index (χ1n) is 4.32. The number of aliphatic carboxylic acids is 1. The van der Waals surface area contributed by atoms with Gasteiger partial charge in [0.05, 0.1) is 0 Å². The van der Waals surface area contributed by atoms with Crippen molar-refractivity contribution in [2.45, 2.75) is 13.0 Å². The second-order valence-corrected chi connectivity index (χ2v) is 3.70. The first kappa shape index (κ1) is 12.0. The topological polar surface area (TPSA) is 85.5 Å². The van der Waals surface area contributed by atoms with Crippen LogP contribution >= 0.6 is 11.8 Å². The number of thioether (sulfide) groups is 1. The molecule has 1 aromatic heterocycles. The Kier molecular flexibility index (Phi) is 5.13. The average Bonchev–Trinajstić information content (AvgIpc) is 2.62. The highest BCUT2D eigenvalue weighted by atomic mass is 32.2. The molecule has 6 nitrogen and oxygen atoms in total. The zero-order valence-corrected chi connectivity index (χ0v) is 9.12. The fourth-order valence-corrected chi connectivity index (χ4v) is 1.24. The van der Waals surface area contributed by atoms with Gasteiger partial charge in [0.2, 0.25) is 11.8 Å². The standard InChI is InChI=1S/C8H12N2O4S/c1-15-3-2-6-9-10-7(14-6)4-13-5-8(11)12/h2-5H2,1H3,(H,11,12). The Balaban J connectivity index is 2.29. The highest BCUT2D eigenvalue weighted by molar-refractivity contribution is 7.98. The zero-order chi connectivity index (χ0) is 11.1. The minimum atomic E-state index is -1.02. The maximum Gasteiger partial charge on any atom is 0.329 e. The van der Waals surface area contributed by atoms with Gasteiger partial charge in [-0.3, -0.25) is 0 Å². The van der Waals surface area contributed by atoms with E-state index in [1.807, 2.05) is 6.26 Å². The van der Waals surface area contributed by atoms with E-state index in [2.05, 4.69) is 10.2 Å². The van der Waals surface area contributed by atoms with Crippen molar-refractivity contribution >= 4 is 17.7 Å². The molecule has 15 heavy (non-hydrogen) atoms. The fourth-order valence-electron chi connectivity index (χ4n) is 0.863. The predicted molar refractivity (Wildman–Crippen MR) is 53.7 cm³/mol. The van der Waals surface area contributed by atoms with Crippen molar-refractivity contribution < 1.29 is 19.1 Å². The Morgan fingerprint density at radius 2 is 2.27 bits per heavy atom. The number of carbonyl (C=O) groups is 1. The Morgan fingerprint density at radius 1 is 1.53 bits per heavy atom. The van der Waals surface area contributed by atoms with E-state index in [1.165, 1.54) is 0 Å². The smallest absolute Gasteiger partial charge is 0.329 e. The number of nitrogens with zero attached hydrogens (tertiary/aromatic N) is 2. The Bertz CT molecular complexity index is 315. The van der Waals surface area contributed by atoms with Gasteiger partial charge in [-0.2, -0.15) is 11.8 Å². The average molecular weight is 232 g/mol. The van der Waals surface area contributed by atoms with Crippen LogP contribution in [0.15, 0.2) is 4.42 Å². The molecule has 1 aromatic rings. The van der Waals surface area contributed by atoms with Crippen molar-refractivity contribution in [2.75, 3.05) is 18.6 Å². The van der Waals surface area contributed by atoms with Gasteiger partial charge in [-0.05, 0) is 6.26 Å². The Hall–Kier alpha value is -1.08. The van der Waals surface area contributed by atoms with E-state index in [4.69, 9.17) is 14.3 Å². The van der Waals surface area contributed by atoms with Crippen LogP contribution in [-0.4, -0.2) is 39.9 Å². The number of hydrogen-bond acceptors (Lipinski definition) is 6. The summed E-state index contributed by atoms with van der Waals surface area (Å²) in [6, 6.07) is 0. The first-order valence-corrected chi connectivity index (χ1v) is 5.71. The van der Waals surface area contributed by atoms with Crippen molar-refractivity contribution in [1.29, 1.82) is 0 Å². The van der Waals surface area contributed by atoms with E-state index in [-0.39, 0.29) is 13.2 Å². The lowest BCUT2D eigenvalue weighted by molar-refractivity contribution is -0.142. The van der Waals surface area contributed by atoms with Gasteiger partial charge in [-0.15, -0.1) is 10.2 Å². The lowest BCUT2D eigenvalue weighted by Gasteiger charge is -1.95. The molecule has 0 aromatic carbocycles. The van der Waals surface area contributed by atoms with E-state index in [0.717, 1.165) is 5.75 Å². The van der Waals surface area contributed by atoms with Crippen LogP contribution in [0.25, 0.3) is 0 Å². The molecule has 0 amide bonds. The van der Waals surface area contributed by atoms with Gasteiger partial charge < -0.3 is 14.3 Å². The summed E-state index contributed by atoms with van der Waals surface area (Å²) in [5.74, 6) is 0.764. The lowest BCUT2D eigenvalue weighted by atomic mass is 10.5. The third-order valence-electron chi connectivity index (χ3n) is 1.48. The second kappa shape index (κ2) is 6.41. The third-order valence-corrected chi connectivity index (χ3v) is 2.09. The van der Waals surface area contributed by atoms with Gasteiger partial charge in [-0.25, -0.2) is 4.79 Å². The molecule has 1 rings (SSSR count). The predicted octanol–water partition coefficient (Wildman–Crippen LogP) is 0.576. The van der Waals surface area contributed by atoms with Gasteiger partial charge in [0.1, 0.15) is 13.2 Å². The van der Waals surface area contributed by atoms with Gasteiger partial charge in [-0.1, -0.05) is 0 Å². The molecule has 1 N–H and O–H groups in total. The molecule has 0 aliphatic carbocycles. The fraction of sp³-hybridized carbons (Fsp3) is 0.625. The summed E-state index contributed by atoms with van der Waals surface area (Å²) in [5.41, 5.74) is 0. The van der Waals surface area contributed by atoms with Crippen LogP contribution in [0.2, 0.25) is 0 Å². The highest BCUT2D eigenvalue weighted by Crippen LogP contribution is 2.04. The van der Waals surface area contributed by atoms with E-state index in [1.54, 1.807) is 11.8 Å². The lowest BCUT2D eigenvalue weighted by Crippen LogP contribution is -2.06. The van der Waals surface area contributed by atoms with Crippen LogP contribution < -0.4 is 0 Å². The number of hydrogen-bond donors (Lipinski definition) is 1. The molecule has 0 aliphatic rings. The number of rotatable bonds is 7. The molecule has 0 bridgehead atoms. The van der Waals surface area contributed by atoms with E-state index < -0.39 is 5.97 Å². The Labute approximate surface area is 91.0 Å². The van der Waals surface area contributed by atoms with Crippen LogP contribution in [0.5, 0.6) is 0 Å². The third kappa shape index (κ3) is 4.80. The van der Waals surface area contributed by atoms with E-state index >= 15 is 0 Å². The van der Waals surface area contributed by atoms with Crippen LogP contribution in [0.3, 0.4) is 0 Å². The minimum absolute atomic E-state index is 0.0402. The van der Waals surface area contributed by atoms with Crippen molar-refractivity contribution in [1.82, 2.24) is 10.2 Å². The molecule has 0 spiro atoms. The zero-order valence-electron chi connectivity index (χ0n) is 8.30. The van der Waals surface area contributed by atoms with Crippen molar-refractivity contribution in [3.05, 3.63) is 11.8 Å². The van der Waals surface area contributed by atoms with Crippen LogP contribution in [-0.2, 0) is 22.6 Å². The summed E-state index contributed by atoms with van der Waals surface area (Å²) in [5, 5.41) is 15.8. The molecule has 0 saturated heterocycles. The molecule has 0 atom stereocenters. The number of ether oxygens (including phenoxy) is 1. The van der Waals surface area contributed by atoms with Crippen LogP contribution in [0.1, 0.15) is 11.8 Å². The number of carboxylic acids is 1. The van der Waals surface area contributed by atoms with Crippen LogP contribution in [0, 0.1) is 0 Å². The SMILES string of the molecule is CSCCc1nnc(COCC(=O)O)o1. The van der Waals surface area contributed by atoms with Crippen molar-refractivity contribution in [3.8, 4) is 0 Å². The molecule has 0 aliphatic heterocycles. The highest BCUT2D eigenvalue weighted by Gasteiger charge is 2.06. The summed E-state index contributed by atoms with van der Waals surface area (Å²) in [4.78, 5) is 10.1. The minimum Gasteiger partial charge on any atom is -0.480 e. The summed E-state index contributed by atoms with van der Waals surface area (Å²) < 4.78 is 10.0. The van der Waals surface area contributed by atoms with Gasteiger partial charge in [0, 0.05) is 12.2 Å². The van der Waals surface area contributed by atoms with Gasteiger partial charge >= 0.3 is 5.97 Å². The molecular formula is C8H12N2O4S. The van der Waals surface area contributed by atoms with Crippen LogP contribution in [0.4, 0.5) is 0 Å². The van der Waals surface area contributed by atoms with Gasteiger partial charge in [0.25, 0.3) is 0 Å². The summed E-state index contributed by atoms with van der Waals surface area (Å²) >= 11 is 1.69.